The molecule has 0 fully saturated rings. The van der Waals surface area contributed by atoms with Gasteiger partial charge in [0.25, 0.3) is 23.6 Å². The summed E-state index contributed by atoms with van der Waals surface area (Å²) in [5, 5.41) is 20.5. The first-order valence-corrected chi connectivity index (χ1v) is 21.9. The van der Waals surface area contributed by atoms with Crippen molar-refractivity contribution in [2.75, 3.05) is 0 Å². The van der Waals surface area contributed by atoms with Crippen molar-refractivity contribution >= 4 is 66.7 Å². The van der Waals surface area contributed by atoms with Crippen molar-refractivity contribution in [3.05, 3.63) is 189 Å². The second kappa shape index (κ2) is 16.4. The van der Waals surface area contributed by atoms with Crippen LogP contribution >= 0.6 is 0 Å². The lowest BCUT2D eigenvalue weighted by Gasteiger charge is -2.22. The highest BCUT2D eigenvalue weighted by Gasteiger charge is 2.24. The van der Waals surface area contributed by atoms with Crippen LogP contribution < -0.4 is 21.3 Å². The Balaban J connectivity index is 1.20. The molecule has 9 rings (SSSR count). The maximum atomic E-state index is 14.3. The fourth-order valence-electron chi connectivity index (χ4n) is 9.11. The molecule has 0 unspecified atom stereocenters. The van der Waals surface area contributed by atoms with Crippen molar-refractivity contribution in [1.29, 1.82) is 0 Å². The van der Waals surface area contributed by atoms with Crippen LogP contribution in [0.15, 0.2) is 133 Å². The third-order valence-corrected chi connectivity index (χ3v) is 12.7. The summed E-state index contributed by atoms with van der Waals surface area (Å²) in [6.45, 7) is 13.3. The quantitative estimate of drug-likeness (QED) is 0.114. The number of nitrogens with one attached hydrogen (secondary N) is 4. The van der Waals surface area contributed by atoms with Crippen molar-refractivity contribution in [2.24, 2.45) is 0 Å². The van der Waals surface area contributed by atoms with Crippen LogP contribution in [0.3, 0.4) is 0 Å². The minimum Gasteiger partial charge on any atom is -0.348 e. The molecule has 0 aromatic heterocycles. The summed E-state index contributed by atoms with van der Waals surface area (Å²) in [6.07, 6.45) is 0. The summed E-state index contributed by atoms with van der Waals surface area (Å²) in [6, 6.07) is 43.0. The van der Waals surface area contributed by atoms with Crippen molar-refractivity contribution in [3.8, 4) is 0 Å². The zero-order valence-corrected chi connectivity index (χ0v) is 37.2. The first-order chi connectivity index (χ1) is 30.7. The third kappa shape index (κ3) is 7.96. The molecule has 1 heterocycles. The molecule has 8 nitrogen and oxygen atoms in total. The molecule has 4 N–H and O–H groups in total. The fourth-order valence-corrected chi connectivity index (χ4v) is 9.11. The number of hydrogen-bond donors (Lipinski definition) is 4. The Morgan fingerprint density at radius 2 is 0.500 bits per heavy atom. The standard InChI is InChI=1S/C56H52N4O4/c1-55(2,3)37-25-33-23-34(26-37)52(62)58-30-48-41-17-9-13-21-45(41)50(46-22-14-10-18-42(46)48)32-60-54(64)36-24-35(27-38(28-36)56(4,5)6)53(63)59-31-49-43-19-11-7-15-39(43)47(29-57-51(33)61)40-16-8-12-20-44(40)49/h7-28H,29-32H2,1-6H3,(H,57,61)(H,58,62)(H,59,63)(H,60,64). The van der Waals surface area contributed by atoms with Crippen molar-refractivity contribution < 1.29 is 19.2 Å². The van der Waals surface area contributed by atoms with E-state index in [-0.39, 0.29) is 60.6 Å². The van der Waals surface area contributed by atoms with E-state index in [9.17, 15) is 19.2 Å². The van der Waals surface area contributed by atoms with Gasteiger partial charge in [-0.3, -0.25) is 19.2 Å². The molecule has 0 saturated carbocycles. The molecule has 8 aromatic carbocycles. The van der Waals surface area contributed by atoms with Gasteiger partial charge in [-0.15, -0.1) is 0 Å². The number of carbonyl (C=O) groups is 4. The molecule has 320 valence electrons. The molecule has 0 radical (unpaired) electrons. The summed E-state index contributed by atoms with van der Waals surface area (Å²) < 4.78 is 0. The van der Waals surface area contributed by atoms with Gasteiger partial charge in [-0.2, -0.15) is 0 Å². The minimum absolute atomic E-state index is 0.231. The lowest BCUT2D eigenvalue weighted by Crippen LogP contribution is -2.28. The highest BCUT2D eigenvalue weighted by atomic mass is 16.2. The molecule has 0 saturated heterocycles. The van der Waals surface area contributed by atoms with Crippen LogP contribution in [-0.2, 0) is 37.0 Å². The van der Waals surface area contributed by atoms with E-state index in [1.165, 1.54) is 0 Å². The van der Waals surface area contributed by atoms with Crippen LogP contribution in [0.25, 0.3) is 43.1 Å². The second-order valence-corrected chi connectivity index (χ2v) is 18.9. The van der Waals surface area contributed by atoms with E-state index in [1.807, 2.05) is 121 Å². The largest absolute Gasteiger partial charge is 0.348 e. The third-order valence-electron chi connectivity index (χ3n) is 12.7. The van der Waals surface area contributed by atoms with Gasteiger partial charge < -0.3 is 21.3 Å². The Kier molecular flexibility index (Phi) is 10.8. The number of carbonyl (C=O) groups excluding carboxylic acids is 4. The fraction of sp³-hybridized carbons (Fsp3) is 0.214. The van der Waals surface area contributed by atoms with E-state index in [2.05, 4.69) is 62.8 Å². The average molecular weight is 845 g/mol. The topological polar surface area (TPSA) is 116 Å². The Bertz CT molecular complexity index is 2700. The van der Waals surface area contributed by atoms with Gasteiger partial charge in [0.2, 0.25) is 0 Å². The van der Waals surface area contributed by atoms with Crippen LogP contribution in [0.5, 0.6) is 0 Å². The summed E-state index contributed by atoms with van der Waals surface area (Å²) in [5.74, 6) is -1.16. The monoisotopic (exact) mass is 844 g/mol. The van der Waals surface area contributed by atoms with Gasteiger partial charge in [0.1, 0.15) is 0 Å². The molecule has 8 bridgehead atoms. The zero-order valence-electron chi connectivity index (χ0n) is 37.2. The molecule has 8 heteroatoms. The van der Waals surface area contributed by atoms with Gasteiger partial charge in [-0.1, -0.05) is 139 Å². The van der Waals surface area contributed by atoms with Gasteiger partial charge in [-0.05, 0) is 124 Å². The Morgan fingerprint density at radius 3 is 0.672 bits per heavy atom. The lowest BCUT2D eigenvalue weighted by molar-refractivity contribution is 0.0935. The van der Waals surface area contributed by atoms with Gasteiger partial charge in [0.15, 0.2) is 0 Å². The zero-order chi connectivity index (χ0) is 44.9. The van der Waals surface area contributed by atoms with E-state index in [0.717, 1.165) is 76.5 Å². The molecule has 4 amide bonds. The lowest BCUT2D eigenvalue weighted by atomic mass is 9.84. The number of amides is 4. The minimum atomic E-state index is -0.349. The van der Waals surface area contributed by atoms with Crippen LogP contribution in [-0.4, -0.2) is 23.6 Å². The van der Waals surface area contributed by atoms with Gasteiger partial charge >= 0.3 is 0 Å². The number of rotatable bonds is 0. The maximum Gasteiger partial charge on any atom is 0.251 e. The SMILES string of the molecule is CC(C)(C)c1cc2cc(c1)C(=O)NCc1c3ccccc3c(c3ccccc13)CNC(=O)c1cc(cc(C(C)(C)C)c1)C(=O)NCc1c3ccccc3c(c3ccccc13)CNC2=O. The number of benzene rings is 8. The normalized spacial score (nSPS) is 14.5. The van der Waals surface area contributed by atoms with E-state index in [0.29, 0.717) is 22.3 Å². The van der Waals surface area contributed by atoms with Crippen molar-refractivity contribution in [1.82, 2.24) is 21.3 Å². The number of fused-ring (bicyclic) bond motifs is 10. The predicted octanol–water partition coefficient (Wildman–Crippen LogP) is 10.9. The van der Waals surface area contributed by atoms with E-state index in [4.69, 9.17) is 0 Å². The summed E-state index contributed by atoms with van der Waals surface area (Å²) >= 11 is 0. The summed E-state index contributed by atoms with van der Waals surface area (Å²) in [5.41, 5.74) is 6.39. The molecule has 1 aliphatic rings. The van der Waals surface area contributed by atoms with E-state index in [1.54, 1.807) is 12.1 Å². The van der Waals surface area contributed by atoms with Crippen molar-refractivity contribution in [2.45, 2.75) is 78.6 Å². The average Bonchev–Trinajstić information content (AvgIpc) is 3.29. The summed E-state index contributed by atoms with van der Waals surface area (Å²) in [7, 11) is 0. The van der Waals surface area contributed by atoms with Crippen LogP contribution in [0.2, 0.25) is 0 Å². The van der Waals surface area contributed by atoms with Crippen LogP contribution in [0, 0.1) is 0 Å². The Morgan fingerprint density at radius 1 is 0.312 bits per heavy atom. The molecule has 0 atom stereocenters. The molecule has 0 spiro atoms. The van der Waals surface area contributed by atoms with Crippen LogP contribution in [0.4, 0.5) is 0 Å². The highest BCUT2D eigenvalue weighted by molar-refractivity contribution is 6.09. The Labute approximate surface area is 373 Å². The van der Waals surface area contributed by atoms with Gasteiger partial charge in [0.05, 0.1) is 0 Å². The molecule has 1 aliphatic heterocycles. The van der Waals surface area contributed by atoms with Gasteiger partial charge in [0, 0.05) is 48.4 Å². The molecule has 8 aromatic rings. The van der Waals surface area contributed by atoms with Crippen LogP contribution in [0.1, 0.15) is 116 Å². The number of hydrogen-bond acceptors (Lipinski definition) is 4. The molecular weight excluding hydrogens is 793 g/mol. The maximum absolute atomic E-state index is 14.3. The smallest absolute Gasteiger partial charge is 0.251 e. The summed E-state index contributed by atoms with van der Waals surface area (Å²) in [4.78, 5) is 57.1. The highest BCUT2D eigenvalue weighted by Crippen LogP contribution is 2.36. The first-order valence-electron chi connectivity index (χ1n) is 21.9. The predicted molar refractivity (Wildman–Crippen MR) is 258 cm³/mol. The molecule has 64 heavy (non-hydrogen) atoms. The molecule has 0 aliphatic carbocycles. The van der Waals surface area contributed by atoms with Crippen molar-refractivity contribution in [3.63, 3.8) is 0 Å². The first kappa shape index (κ1) is 42.0. The second-order valence-electron chi connectivity index (χ2n) is 18.9. The van der Waals surface area contributed by atoms with Gasteiger partial charge in [-0.25, -0.2) is 0 Å². The molecular formula is C56H52N4O4. The van der Waals surface area contributed by atoms with E-state index >= 15 is 0 Å². The van der Waals surface area contributed by atoms with E-state index < -0.39 is 0 Å². The Hall–Kier alpha value is -7.32.